The second-order valence-electron chi connectivity index (χ2n) is 5.91. The van der Waals surface area contributed by atoms with Crippen LogP contribution in [0.15, 0.2) is 0 Å². The standard InChI is InChI=1S/C16H34N2O/c1-3-4-12-19-13-8-11-17-15(2)14-16-9-6-5-7-10-18-16/h15-18H,3-14H2,1-2H3. The molecule has 3 nitrogen and oxygen atoms in total. The van der Waals surface area contributed by atoms with Gasteiger partial charge in [-0.15, -0.1) is 0 Å². The fourth-order valence-corrected chi connectivity index (χ4v) is 2.68. The lowest BCUT2D eigenvalue weighted by atomic mass is 10.0. The van der Waals surface area contributed by atoms with Crippen molar-refractivity contribution >= 4 is 0 Å². The third-order valence-electron chi connectivity index (χ3n) is 3.90. The lowest BCUT2D eigenvalue weighted by Gasteiger charge is -2.21. The van der Waals surface area contributed by atoms with E-state index < -0.39 is 0 Å². The van der Waals surface area contributed by atoms with Crippen LogP contribution in [0.3, 0.4) is 0 Å². The minimum Gasteiger partial charge on any atom is -0.381 e. The summed E-state index contributed by atoms with van der Waals surface area (Å²) in [6.45, 7) is 8.64. The molecule has 0 amide bonds. The van der Waals surface area contributed by atoms with E-state index in [1.807, 2.05) is 0 Å². The van der Waals surface area contributed by atoms with Crippen LogP contribution in [0.25, 0.3) is 0 Å². The van der Waals surface area contributed by atoms with E-state index in [1.165, 1.54) is 51.5 Å². The number of hydrogen-bond donors (Lipinski definition) is 2. The van der Waals surface area contributed by atoms with Crippen molar-refractivity contribution < 1.29 is 4.74 Å². The van der Waals surface area contributed by atoms with Crippen molar-refractivity contribution in [1.29, 1.82) is 0 Å². The van der Waals surface area contributed by atoms with Gasteiger partial charge in [0.1, 0.15) is 0 Å². The van der Waals surface area contributed by atoms with E-state index in [1.54, 1.807) is 0 Å². The van der Waals surface area contributed by atoms with Gasteiger partial charge in [-0.05, 0) is 52.1 Å². The van der Waals surface area contributed by atoms with Gasteiger partial charge >= 0.3 is 0 Å². The zero-order chi connectivity index (χ0) is 13.8. The van der Waals surface area contributed by atoms with Gasteiger partial charge in [-0.1, -0.05) is 26.2 Å². The molecule has 0 bridgehead atoms. The molecule has 1 saturated heterocycles. The molecule has 1 fully saturated rings. The summed E-state index contributed by atoms with van der Waals surface area (Å²) in [5.74, 6) is 0. The van der Waals surface area contributed by atoms with E-state index in [2.05, 4.69) is 24.5 Å². The third kappa shape index (κ3) is 9.42. The Bertz CT molecular complexity index is 191. The van der Waals surface area contributed by atoms with Crippen LogP contribution in [-0.2, 0) is 4.74 Å². The van der Waals surface area contributed by atoms with Gasteiger partial charge in [0.25, 0.3) is 0 Å². The van der Waals surface area contributed by atoms with Crippen LogP contribution >= 0.6 is 0 Å². The smallest absolute Gasteiger partial charge is 0.0478 e. The maximum atomic E-state index is 5.57. The quantitative estimate of drug-likeness (QED) is 0.599. The molecular weight excluding hydrogens is 236 g/mol. The Balaban J connectivity index is 1.93. The number of hydrogen-bond acceptors (Lipinski definition) is 3. The van der Waals surface area contributed by atoms with Crippen molar-refractivity contribution in [3.05, 3.63) is 0 Å². The fourth-order valence-electron chi connectivity index (χ4n) is 2.68. The van der Waals surface area contributed by atoms with E-state index in [-0.39, 0.29) is 0 Å². The van der Waals surface area contributed by atoms with Crippen molar-refractivity contribution in [3.63, 3.8) is 0 Å². The van der Waals surface area contributed by atoms with Gasteiger partial charge < -0.3 is 15.4 Å². The molecule has 2 unspecified atom stereocenters. The Kier molecular flexibility index (Phi) is 10.4. The summed E-state index contributed by atoms with van der Waals surface area (Å²) in [5.41, 5.74) is 0. The summed E-state index contributed by atoms with van der Waals surface area (Å²) >= 11 is 0. The molecule has 19 heavy (non-hydrogen) atoms. The molecule has 114 valence electrons. The summed E-state index contributed by atoms with van der Waals surface area (Å²) in [6, 6.07) is 1.34. The van der Waals surface area contributed by atoms with Crippen LogP contribution in [0.1, 0.15) is 65.2 Å². The fraction of sp³-hybridized carbons (Fsp3) is 1.00. The molecule has 1 aliphatic rings. The van der Waals surface area contributed by atoms with Crippen molar-refractivity contribution in [1.82, 2.24) is 10.6 Å². The first-order chi connectivity index (χ1) is 9.33. The SMILES string of the molecule is CCCCOCCCNC(C)CC1CCCCCN1. The van der Waals surface area contributed by atoms with Crippen LogP contribution in [0, 0.1) is 0 Å². The van der Waals surface area contributed by atoms with Gasteiger partial charge in [-0.25, -0.2) is 0 Å². The summed E-state index contributed by atoms with van der Waals surface area (Å²) in [4.78, 5) is 0. The Labute approximate surface area is 119 Å². The van der Waals surface area contributed by atoms with E-state index in [0.717, 1.165) is 32.2 Å². The maximum Gasteiger partial charge on any atom is 0.0478 e. The van der Waals surface area contributed by atoms with Crippen LogP contribution in [-0.4, -0.2) is 38.4 Å². The topological polar surface area (TPSA) is 33.3 Å². The number of nitrogens with one attached hydrogen (secondary N) is 2. The van der Waals surface area contributed by atoms with Gasteiger partial charge in [-0.3, -0.25) is 0 Å². The highest BCUT2D eigenvalue weighted by Gasteiger charge is 2.14. The summed E-state index contributed by atoms with van der Waals surface area (Å²) in [7, 11) is 0. The van der Waals surface area contributed by atoms with Gasteiger partial charge in [0, 0.05) is 25.3 Å². The molecule has 1 aliphatic heterocycles. The first-order valence-corrected chi connectivity index (χ1v) is 8.37. The lowest BCUT2D eigenvalue weighted by molar-refractivity contribution is 0.128. The Hall–Kier alpha value is -0.120. The van der Waals surface area contributed by atoms with Gasteiger partial charge in [0.15, 0.2) is 0 Å². The molecule has 2 N–H and O–H groups in total. The van der Waals surface area contributed by atoms with Gasteiger partial charge in [0.05, 0.1) is 0 Å². The van der Waals surface area contributed by atoms with Crippen molar-refractivity contribution in [2.75, 3.05) is 26.3 Å². The highest BCUT2D eigenvalue weighted by molar-refractivity contribution is 4.75. The van der Waals surface area contributed by atoms with Gasteiger partial charge in [-0.2, -0.15) is 0 Å². The lowest BCUT2D eigenvalue weighted by Crippen LogP contribution is -2.37. The van der Waals surface area contributed by atoms with Crippen molar-refractivity contribution in [2.24, 2.45) is 0 Å². The zero-order valence-electron chi connectivity index (χ0n) is 13.0. The van der Waals surface area contributed by atoms with E-state index in [9.17, 15) is 0 Å². The molecule has 0 aromatic heterocycles. The molecule has 0 spiro atoms. The zero-order valence-corrected chi connectivity index (χ0v) is 13.0. The molecule has 2 atom stereocenters. The highest BCUT2D eigenvalue weighted by Crippen LogP contribution is 2.12. The second kappa shape index (κ2) is 11.7. The van der Waals surface area contributed by atoms with E-state index in [4.69, 9.17) is 4.74 Å². The van der Waals surface area contributed by atoms with Crippen LogP contribution in [0.5, 0.6) is 0 Å². The largest absolute Gasteiger partial charge is 0.381 e. The average Bonchev–Trinajstić information content (AvgIpc) is 2.66. The summed E-state index contributed by atoms with van der Waals surface area (Å²) < 4.78 is 5.57. The summed E-state index contributed by atoms with van der Waals surface area (Å²) in [6.07, 6.45) is 10.3. The minimum absolute atomic E-state index is 0.617. The predicted octanol–water partition coefficient (Wildman–Crippen LogP) is 3.09. The first kappa shape index (κ1) is 16.9. The molecule has 0 aromatic carbocycles. The molecule has 0 aromatic rings. The number of unbranched alkanes of at least 4 members (excludes halogenated alkanes) is 1. The molecule has 0 saturated carbocycles. The van der Waals surface area contributed by atoms with Crippen LogP contribution in [0.2, 0.25) is 0 Å². The summed E-state index contributed by atoms with van der Waals surface area (Å²) in [5, 5.41) is 7.29. The Morgan fingerprint density at radius 3 is 2.89 bits per heavy atom. The number of ether oxygens (including phenoxy) is 1. The van der Waals surface area contributed by atoms with Crippen molar-refractivity contribution in [2.45, 2.75) is 77.3 Å². The maximum absolute atomic E-state index is 5.57. The van der Waals surface area contributed by atoms with Crippen LogP contribution in [0.4, 0.5) is 0 Å². The van der Waals surface area contributed by atoms with Crippen LogP contribution < -0.4 is 10.6 Å². The molecule has 3 heteroatoms. The third-order valence-corrected chi connectivity index (χ3v) is 3.90. The Morgan fingerprint density at radius 1 is 1.21 bits per heavy atom. The van der Waals surface area contributed by atoms with Crippen molar-refractivity contribution in [3.8, 4) is 0 Å². The first-order valence-electron chi connectivity index (χ1n) is 8.37. The van der Waals surface area contributed by atoms with E-state index in [0.29, 0.717) is 6.04 Å². The molecule has 1 rings (SSSR count). The highest BCUT2D eigenvalue weighted by atomic mass is 16.5. The molecule has 0 aliphatic carbocycles. The van der Waals surface area contributed by atoms with Gasteiger partial charge in [0.2, 0.25) is 0 Å². The average molecular weight is 270 g/mol. The number of rotatable bonds is 10. The minimum atomic E-state index is 0.617. The Morgan fingerprint density at radius 2 is 2.05 bits per heavy atom. The molecule has 1 heterocycles. The predicted molar refractivity (Wildman–Crippen MR) is 82.7 cm³/mol. The second-order valence-corrected chi connectivity index (χ2v) is 5.91. The van der Waals surface area contributed by atoms with E-state index >= 15 is 0 Å². The monoisotopic (exact) mass is 270 g/mol. The normalized spacial score (nSPS) is 22.1. The molecule has 0 radical (unpaired) electrons. The molecular formula is C16H34N2O.